The second-order valence-electron chi connectivity index (χ2n) is 5.85. The van der Waals surface area contributed by atoms with Crippen molar-refractivity contribution in [2.24, 2.45) is 5.92 Å². The lowest BCUT2D eigenvalue weighted by molar-refractivity contribution is 0.0941. The number of nitrogen functional groups attached to an aromatic ring is 1. The van der Waals surface area contributed by atoms with Gasteiger partial charge in [0.15, 0.2) is 0 Å². The molecule has 1 aromatic carbocycles. The lowest BCUT2D eigenvalue weighted by Gasteiger charge is -2.15. The maximum Gasteiger partial charge on any atom is 0.263 e. The minimum Gasteiger partial charge on any atom is -0.397 e. The van der Waals surface area contributed by atoms with E-state index in [1.807, 2.05) is 26.0 Å². The first-order valence-electron chi connectivity index (χ1n) is 6.98. The Morgan fingerprint density at radius 1 is 1.35 bits per heavy atom. The Morgan fingerprint density at radius 3 is 2.70 bits per heavy atom. The van der Waals surface area contributed by atoms with Gasteiger partial charge in [-0.25, -0.2) is 0 Å². The smallest absolute Gasteiger partial charge is 0.263 e. The fourth-order valence-corrected chi connectivity index (χ4v) is 3.57. The Bertz CT molecular complexity index is 631. The first kappa shape index (κ1) is 14.9. The van der Waals surface area contributed by atoms with Crippen LogP contribution in [-0.4, -0.2) is 11.9 Å². The van der Waals surface area contributed by atoms with Crippen molar-refractivity contribution in [1.82, 2.24) is 5.32 Å². The Labute approximate surface area is 124 Å². The number of amides is 1. The zero-order valence-corrected chi connectivity index (χ0v) is 13.3. The lowest BCUT2D eigenvalue weighted by atomic mass is 10.1. The number of thiophene rings is 1. The Kier molecular flexibility index (Phi) is 4.33. The van der Waals surface area contributed by atoms with Gasteiger partial charge in [0.2, 0.25) is 0 Å². The summed E-state index contributed by atoms with van der Waals surface area (Å²) in [6, 6.07) is 6.25. The normalized spacial score (nSPS) is 12.8. The van der Waals surface area contributed by atoms with Crippen molar-refractivity contribution in [1.29, 1.82) is 0 Å². The quantitative estimate of drug-likeness (QED) is 0.895. The van der Waals surface area contributed by atoms with Crippen LogP contribution in [0.2, 0.25) is 0 Å². The van der Waals surface area contributed by atoms with Gasteiger partial charge in [0.1, 0.15) is 4.88 Å². The second-order valence-corrected chi connectivity index (χ2v) is 6.90. The molecule has 1 amide bonds. The number of rotatable bonds is 4. The molecule has 3 N–H and O–H groups in total. The third kappa shape index (κ3) is 3.12. The van der Waals surface area contributed by atoms with Gasteiger partial charge in [0, 0.05) is 16.1 Å². The number of carbonyl (C=O) groups excluding carboxylic acids is 1. The summed E-state index contributed by atoms with van der Waals surface area (Å²) in [6.45, 7) is 8.38. The summed E-state index contributed by atoms with van der Waals surface area (Å²) in [7, 11) is 0. The van der Waals surface area contributed by atoms with E-state index in [9.17, 15) is 4.79 Å². The maximum absolute atomic E-state index is 12.3. The molecule has 108 valence electrons. The molecule has 0 saturated carbocycles. The van der Waals surface area contributed by atoms with Crippen LogP contribution in [0.4, 0.5) is 5.69 Å². The molecule has 0 fully saturated rings. The van der Waals surface area contributed by atoms with E-state index in [0.29, 0.717) is 16.5 Å². The molecular formula is C16H22N2OS. The van der Waals surface area contributed by atoms with E-state index in [1.54, 1.807) is 0 Å². The SMILES string of the molecule is Cc1ccc2c(N)c(C(=O)NC(C)CC(C)C)sc2c1. The van der Waals surface area contributed by atoms with E-state index in [-0.39, 0.29) is 11.9 Å². The first-order chi connectivity index (χ1) is 9.38. The average Bonchev–Trinajstić information content (AvgIpc) is 2.65. The van der Waals surface area contributed by atoms with E-state index < -0.39 is 0 Å². The zero-order valence-electron chi connectivity index (χ0n) is 12.5. The number of fused-ring (bicyclic) bond motifs is 1. The molecule has 20 heavy (non-hydrogen) atoms. The first-order valence-corrected chi connectivity index (χ1v) is 7.79. The minimum absolute atomic E-state index is 0.0606. The fraction of sp³-hybridized carbons (Fsp3) is 0.438. The predicted octanol–water partition coefficient (Wildman–Crippen LogP) is 3.96. The van der Waals surface area contributed by atoms with Crippen molar-refractivity contribution in [3.63, 3.8) is 0 Å². The lowest BCUT2D eigenvalue weighted by Crippen LogP contribution is -2.33. The minimum atomic E-state index is -0.0606. The van der Waals surface area contributed by atoms with Gasteiger partial charge in [-0.05, 0) is 37.8 Å². The largest absolute Gasteiger partial charge is 0.397 e. The number of carbonyl (C=O) groups is 1. The fourth-order valence-electron chi connectivity index (χ4n) is 2.45. The van der Waals surface area contributed by atoms with Crippen molar-refractivity contribution in [2.75, 3.05) is 5.73 Å². The molecule has 0 spiro atoms. The average molecular weight is 290 g/mol. The molecule has 1 unspecified atom stereocenters. The summed E-state index contributed by atoms with van der Waals surface area (Å²) in [5.74, 6) is 0.502. The molecule has 1 heterocycles. The number of nitrogens with one attached hydrogen (secondary N) is 1. The van der Waals surface area contributed by atoms with E-state index >= 15 is 0 Å². The highest BCUT2D eigenvalue weighted by molar-refractivity contribution is 7.21. The van der Waals surface area contributed by atoms with Crippen LogP contribution in [0.25, 0.3) is 10.1 Å². The Hall–Kier alpha value is -1.55. The number of hydrogen-bond donors (Lipinski definition) is 2. The van der Waals surface area contributed by atoms with Gasteiger partial charge >= 0.3 is 0 Å². The van der Waals surface area contributed by atoms with Crippen LogP contribution >= 0.6 is 11.3 Å². The molecule has 0 aliphatic heterocycles. The van der Waals surface area contributed by atoms with E-state index in [4.69, 9.17) is 5.73 Å². The predicted molar refractivity (Wildman–Crippen MR) is 87.4 cm³/mol. The van der Waals surface area contributed by atoms with Crippen LogP contribution in [-0.2, 0) is 0 Å². The van der Waals surface area contributed by atoms with Crippen LogP contribution in [0.15, 0.2) is 18.2 Å². The van der Waals surface area contributed by atoms with Crippen molar-refractivity contribution >= 4 is 33.0 Å². The third-order valence-corrected chi connectivity index (χ3v) is 4.46. The van der Waals surface area contributed by atoms with Gasteiger partial charge < -0.3 is 11.1 Å². The molecule has 2 aromatic rings. The number of benzene rings is 1. The Morgan fingerprint density at radius 2 is 2.05 bits per heavy atom. The molecule has 1 atom stereocenters. The molecule has 0 radical (unpaired) electrons. The molecular weight excluding hydrogens is 268 g/mol. The third-order valence-electron chi connectivity index (χ3n) is 3.29. The molecule has 0 bridgehead atoms. The van der Waals surface area contributed by atoms with Crippen LogP contribution in [0, 0.1) is 12.8 Å². The highest BCUT2D eigenvalue weighted by Gasteiger charge is 2.18. The molecule has 0 aliphatic carbocycles. The topological polar surface area (TPSA) is 55.1 Å². The number of nitrogens with two attached hydrogens (primary N) is 1. The van der Waals surface area contributed by atoms with Gasteiger partial charge in [0.05, 0.1) is 5.69 Å². The molecule has 0 saturated heterocycles. The summed E-state index contributed by atoms with van der Waals surface area (Å²) >= 11 is 1.47. The monoisotopic (exact) mass is 290 g/mol. The van der Waals surface area contributed by atoms with Gasteiger partial charge in [-0.1, -0.05) is 26.0 Å². The second kappa shape index (κ2) is 5.83. The maximum atomic E-state index is 12.3. The van der Waals surface area contributed by atoms with Crippen LogP contribution in [0.3, 0.4) is 0 Å². The number of anilines is 1. The summed E-state index contributed by atoms with van der Waals surface area (Å²) in [5.41, 5.74) is 7.89. The summed E-state index contributed by atoms with van der Waals surface area (Å²) in [4.78, 5) is 13.0. The number of hydrogen-bond acceptors (Lipinski definition) is 3. The molecule has 1 aromatic heterocycles. The van der Waals surface area contributed by atoms with E-state index in [0.717, 1.165) is 16.5 Å². The highest BCUT2D eigenvalue weighted by atomic mass is 32.1. The number of aryl methyl sites for hydroxylation is 1. The Balaban J connectivity index is 2.24. The van der Waals surface area contributed by atoms with Crippen LogP contribution < -0.4 is 11.1 Å². The van der Waals surface area contributed by atoms with Crippen molar-refractivity contribution in [2.45, 2.75) is 40.2 Å². The van der Waals surface area contributed by atoms with Crippen molar-refractivity contribution in [3.05, 3.63) is 28.6 Å². The summed E-state index contributed by atoms with van der Waals surface area (Å²) in [5, 5.41) is 4.01. The van der Waals surface area contributed by atoms with Crippen molar-refractivity contribution < 1.29 is 4.79 Å². The van der Waals surface area contributed by atoms with Gasteiger partial charge in [-0.3, -0.25) is 4.79 Å². The summed E-state index contributed by atoms with van der Waals surface area (Å²) < 4.78 is 1.07. The van der Waals surface area contributed by atoms with Gasteiger partial charge in [-0.2, -0.15) is 0 Å². The van der Waals surface area contributed by atoms with Crippen molar-refractivity contribution in [3.8, 4) is 0 Å². The highest BCUT2D eigenvalue weighted by Crippen LogP contribution is 2.34. The molecule has 3 nitrogen and oxygen atoms in total. The van der Waals surface area contributed by atoms with E-state index in [2.05, 4.69) is 25.2 Å². The molecule has 0 aliphatic rings. The van der Waals surface area contributed by atoms with Gasteiger partial charge in [-0.15, -0.1) is 11.3 Å². The molecule has 4 heteroatoms. The zero-order chi connectivity index (χ0) is 14.9. The standard InChI is InChI=1S/C16H22N2OS/c1-9(2)7-11(4)18-16(19)15-14(17)12-6-5-10(3)8-13(12)20-15/h5-6,8-9,11H,7,17H2,1-4H3,(H,18,19). The van der Waals surface area contributed by atoms with Crippen LogP contribution in [0.5, 0.6) is 0 Å². The molecule has 2 rings (SSSR count). The van der Waals surface area contributed by atoms with E-state index in [1.165, 1.54) is 16.9 Å². The van der Waals surface area contributed by atoms with Crippen LogP contribution in [0.1, 0.15) is 42.4 Å². The summed E-state index contributed by atoms with van der Waals surface area (Å²) in [6.07, 6.45) is 0.968. The van der Waals surface area contributed by atoms with Gasteiger partial charge in [0.25, 0.3) is 5.91 Å².